The first-order valence-electron chi connectivity index (χ1n) is 10.8. The lowest BCUT2D eigenvalue weighted by atomic mass is 9.91. The molecule has 1 amide bonds. The van der Waals surface area contributed by atoms with E-state index in [-0.39, 0.29) is 18.0 Å². The minimum atomic E-state index is -0.0864. The third kappa shape index (κ3) is 4.88. The predicted octanol–water partition coefficient (Wildman–Crippen LogP) is 6.94. The van der Waals surface area contributed by atoms with Crippen LogP contribution in [-0.4, -0.2) is 29.1 Å². The molecule has 1 fully saturated rings. The number of carbonyl (C=O) groups is 1. The number of carbonyl (C=O) groups excluding carboxylic acids is 1. The monoisotopic (exact) mass is 569 g/mol. The van der Waals surface area contributed by atoms with Gasteiger partial charge >= 0.3 is 0 Å². The smallest absolute Gasteiger partial charge is 0.270 e. The molecule has 3 unspecified atom stereocenters. The van der Waals surface area contributed by atoms with Crippen LogP contribution in [0.3, 0.4) is 0 Å². The van der Waals surface area contributed by atoms with Crippen molar-refractivity contribution in [2.45, 2.75) is 51.6 Å². The van der Waals surface area contributed by atoms with Gasteiger partial charge in [-0.25, -0.2) is 0 Å². The number of piperidine rings is 1. The van der Waals surface area contributed by atoms with Gasteiger partial charge in [0, 0.05) is 27.6 Å². The van der Waals surface area contributed by atoms with Gasteiger partial charge in [-0.2, -0.15) is 5.10 Å². The molecule has 2 aromatic carbocycles. The molecule has 31 heavy (non-hydrogen) atoms. The van der Waals surface area contributed by atoms with Gasteiger partial charge in [0.15, 0.2) is 0 Å². The Morgan fingerprint density at radius 1 is 1.16 bits per heavy atom. The van der Waals surface area contributed by atoms with E-state index < -0.39 is 0 Å². The average Bonchev–Trinajstić information content (AvgIpc) is 3.19. The number of rotatable bonds is 4. The molecule has 2 aliphatic heterocycles. The Morgan fingerprint density at radius 2 is 1.90 bits per heavy atom. The lowest BCUT2D eigenvalue weighted by Gasteiger charge is -2.37. The first kappa shape index (κ1) is 22.9. The highest BCUT2D eigenvalue weighted by atomic mass is 127. The maximum Gasteiger partial charge on any atom is 0.270 e. The Balaban J connectivity index is 1.68. The van der Waals surface area contributed by atoms with Crippen molar-refractivity contribution in [3.8, 4) is 0 Å². The molecule has 1 saturated heterocycles. The van der Waals surface area contributed by atoms with Crippen LogP contribution >= 0.6 is 45.8 Å². The summed E-state index contributed by atoms with van der Waals surface area (Å²) < 4.78 is 1.17. The van der Waals surface area contributed by atoms with E-state index in [1.807, 2.05) is 22.0 Å². The molecule has 0 saturated carbocycles. The minimum Gasteiger partial charge on any atom is -0.335 e. The quantitative estimate of drug-likeness (QED) is 0.374. The summed E-state index contributed by atoms with van der Waals surface area (Å²) in [6.45, 7) is 5.16. The Labute approximate surface area is 207 Å². The molecule has 4 rings (SSSR count). The molecule has 2 aromatic rings. The van der Waals surface area contributed by atoms with Crippen molar-refractivity contribution in [1.82, 2.24) is 4.90 Å². The molecule has 164 valence electrons. The van der Waals surface area contributed by atoms with Crippen LogP contribution in [0.4, 0.5) is 5.69 Å². The number of halogens is 3. The van der Waals surface area contributed by atoms with E-state index >= 15 is 0 Å². The van der Waals surface area contributed by atoms with E-state index in [9.17, 15) is 4.79 Å². The first-order valence-corrected chi connectivity index (χ1v) is 12.6. The maximum atomic E-state index is 13.5. The van der Waals surface area contributed by atoms with Gasteiger partial charge in [-0.05, 0) is 84.2 Å². The summed E-state index contributed by atoms with van der Waals surface area (Å²) in [6.07, 6.45) is 3.88. The fourth-order valence-electron chi connectivity index (χ4n) is 4.44. The van der Waals surface area contributed by atoms with E-state index in [0.29, 0.717) is 28.1 Å². The van der Waals surface area contributed by atoms with Crippen molar-refractivity contribution in [3.05, 3.63) is 61.6 Å². The number of likely N-dealkylation sites (tertiary alicyclic amines) is 1. The first-order chi connectivity index (χ1) is 14.9. The minimum absolute atomic E-state index is 0.0498. The average molecular weight is 570 g/mol. The van der Waals surface area contributed by atoms with Crippen molar-refractivity contribution < 1.29 is 4.79 Å². The van der Waals surface area contributed by atoms with E-state index in [1.165, 1.54) is 9.99 Å². The highest BCUT2D eigenvalue weighted by Gasteiger charge is 2.37. The molecule has 0 radical (unpaired) electrons. The molecule has 3 atom stereocenters. The largest absolute Gasteiger partial charge is 0.335 e. The summed E-state index contributed by atoms with van der Waals surface area (Å²) in [7, 11) is 0. The lowest BCUT2D eigenvalue weighted by molar-refractivity contribution is -0.128. The molecular formula is C24H26Cl2IN3O. The van der Waals surface area contributed by atoms with E-state index in [1.54, 1.807) is 6.07 Å². The molecule has 0 spiro atoms. The number of hydrazone groups is 1. The standard InChI is InChI=1S/C24H26Cl2IN3O/c1-3-16-5-4-15(2)29(14-16)24(31)21-13-23(17-6-9-19(27)10-7-17)30(28-21)22-11-8-18(25)12-20(22)26/h6-12,15-16,23H,3-5,13-14H2,1-2H3. The zero-order valence-corrected chi connectivity index (χ0v) is 21.4. The molecule has 0 aromatic heterocycles. The summed E-state index contributed by atoms with van der Waals surface area (Å²) in [5.41, 5.74) is 2.46. The molecule has 7 heteroatoms. The van der Waals surface area contributed by atoms with Crippen LogP contribution < -0.4 is 5.01 Å². The maximum absolute atomic E-state index is 13.5. The zero-order chi connectivity index (χ0) is 22.1. The zero-order valence-electron chi connectivity index (χ0n) is 17.7. The predicted molar refractivity (Wildman–Crippen MR) is 137 cm³/mol. The highest BCUT2D eigenvalue weighted by Crippen LogP contribution is 2.40. The van der Waals surface area contributed by atoms with Crippen LogP contribution in [0.2, 0.25) is 10.0 Å². The van der Waals surface area contributed by atoms with Crippen LogP contribution in [-0.2, 0) is 4.79 Å². The Hall–Kier alpha value is -1.31. The number of hydrogen-bond donors (Lipinski definition) is 0. The van der Waals surface area contributed by atoms with Crippen LogP contribution in [0.25, 0.3) is 0 Å². The van der Waals surface area contributed by atoms with Crippen molar-refractivity contribution in [1.29, 1.82) is 0 Å². The van der Waals surface area contributed by atoms with Gasteiger partial charge < -0.3 is 4.90 Å². The topological polar surface area (TPSA) is 35.9 Å². The summed E-state index contributed by atoms with van der Waals surface area (Å²) in [6, 6.07) is 13.9. The SMILES string of the molecule is CCC1CCC(C)N(C(=O)C2=NN(c3ccc(Cl)cc3Cl)C(c3ccc(I)cc3)C2)C1. The molecular weight excluding hydrogens is 544 g/mol. The second-order valence-corrected chi connectivity index (χ2v) is 10.5. The fourth-order valence-corrected chi connectivity index (χ4v) is 5.29. The molecule has 2 aliphatic rings. The van der Waals surface area contributed by atoms with Crippen LogP contribution in [0.5, 0.6) is 0 Å². The van der Waals surface area contributed by atoms with Gasteiger partial charge in [-0.15, -0.1) is 0 Å². The second kappa shape index (κ2) is 9.67. The molecule has 0 bridgehead atoms. The third-order valence-electron chi connectivity index (χ3n) is 6.39. The Bertz CT molecular complexity index is 995. The van der Waals surface area contributed by atoms with E-state index in [4.69, 9.17) is 28.3 Å². The number of nitrogens with zero attached hydrogens (tertiary/aromatic N) is 3. The normalized spacial score (nSPS) is 23.8. The molecule has 0 aliphatic carbocycles. The molecule has 0 N–H and O–H groups in total. The van der Waals surface area contributed by atoms with E-state index in [0.717, 1.165) is 30.6 Å². The van der Waals surface area contributed by atoms with Crippen molar-refractivity contribution >= 4 is 63.1 Å². The van der Waals surface area contributed by atoms with E-state index in [2.05, 4.69) is 60.7 Å². The Kier molecular flexibility index (Phi) is 7.14. The van der Waals surface area contributed by atoms with Gasteiger partial charge in [0.25, 0.3) is 5.91 Å². The van der Waals surface area contributed by atoms with Crippen LogP contribution in [0.1, 0.15) is 51.1 Å². The number of hydrogen-bond acceptors (Lipinski definition) is 3. The van der Waals surface area contributed by atoms with Crippen molar-refractivity contribution in [2.24, 2.45) is 11.0 Å². The molecule has 4 nitrogen and oxygen atoms in total. The number of amides is 1. The number of anilines is 1. The van der Waals surface area contributed by atoms with Gasteiger partial charge in [0.1, 0.15) is 5.71 Å². The lowest BCUT2D eigenvalue weighted by Crippen LogP contribution is -2.48. The fraction of sp³-hybridized carbons (Fsp3) is 0.417. The van der Waals surface area contributed by atoms with Gasteiger partial charge in [0.05, 0.1) is 16.8 Å². The summed E-state index contributed by atoms with van der Waals surface area (Å²) in [5, 5.41) is 7.81. The van der Waals surface area contributed by atoms with Gasteiger partial charge in [-0.1, -0.05) is 48.7 Å². The van der Waals surface area contributed by atoms with Crippen molar-refractivity contribution in [3.63, 3.8) is 0 Å². The Morgan fingerprint density at radius 3 is 2.58 bits per heavy atom. The number of benzene rings is 2. The molecule has 2 heterocycles. The van der Waals surface area contributed by atoms with Gasteiger partial charge in [-0.3, -0.25) is 9.80 Å². The van der Waals surface area contributed by atoms with Crippen molar-refractivity contribution in [2.75, 3.05) is 11.6 Å². The van der Waals surface area contributed by atoms with Crippen LogP contribution in [0, 0.1) is 9.49 Å². The summed E-state index contributed by atoms with van der Waals surface area (Å²) >= 11 is 14.9. The summed E-state index contributed by atoms with van der Waals surface area (Å²) in [5.74, 6) is 0.615. The second-order valence-electron chi connectivity index (χ2n) is 8.42. The van der Waals surface area contributed by atoms with Gasteiger partial charge in [0.2, 0.25) is 0 Å². The third-order valence-corrected chi connectivity index (χ3v) is 7.64. The van der Waals surface area contributed by atoms with Crippen LogP contribution in [0.15, 0.2) is 47.6 Å². The highest BCUT2D eigenvalue weighted by molar-refractivity contribution is 14.1. The summed E-state index contributed by atoms with van der Waals surface area (Å²) in [4.78, 5) is 15.6.